The van der Waals surface area contributed by atoms with Crippen LogP contribution in [0.1, 0.15) is 58.1 Å². The van der Waals surface area contributed by atoms with E-state index in [0.29, 0.717) is 45.3 Å². The first-order valence-electron chi connectivity index (χ1n) is 10.0. The van der Waals surface area contributed by atoms with Crippen LogP contribution in [0.15, 0.2) is 24.3 Å². The zero-order valence-corrected chi connectivity index (χ0v) is 17.1. The maximum atomic E-state index is 14.1. The predicted molar refractivity (Wildman–Crippen MR) is 103 cm³/mol. The molecule has 0 radical (unpaired) electrons. The van der Waals surface area contributed by atoms with Crippen LogP contribution in [-0.2, 0) is 4.74 Å². The highest BCUT2D eigenvalue weighted by Gasteiger charge is 2.54. The fourth-order valence-corrected chi connectivity index (χ4v) is 4.57. The van der Waals surface area contributed by atoms with E-state index in [1.165, 1.54) is 24.3 Å². The van der Waals surface area contributed by atoms with Gasteiger partial charge in [0, 0.05) is 18.6 Å². The van der Waals surface area contributed by atoms with Gasteiger partial charge in [0.25, 0.3) is 0 Å². The van der Waals surface area contributed by atoms with Gasteiger partial charge in [-0.2, -0.15) is 13.2 Å². The minimum absolute atomic E-state index is 0.0494. The summed E-state index contributed by atoms with van der Waals surface area (Å²) in [7, 11) is 0. The molecule has 8 heteroatoms. The van der Waals surface area contributed by atoms with E-state index in [1.54, 1.807) is 30.6 Å². The van der Waals surface area contributed by atoms with Gasteiger partial charge in [0.15, 0.2) is 0 Å². The summed E-state index contributed by atoms with van der Waals surface area (Å²) in [5.74, 6) is -0.176. The number of benzene rings is 1. The summed E-state index contributed by atoms with van der Waals surface area (Å²) in [4.78, 5) is 15.5. The first-order valence-corrected chi connectivity index (χ1v) is 10.0. The lowest BCUT2D eigenvalue weighted by Crippen LogP contribution is -2.56. The number of hydrogen-bond acceptors (Lipinski definition) is 4. The molecule has 29 heavy (non-hydrogen) atoms. The van der Waals surface area contributed by atoms with Gasteiger partial charge in [0.1, 0.15) is 17.4 Å². The molecule has 0 bridgehead atoms. The Bertz CT molecular complexity index is 737. The third kappa shape index (κ3) is 4.79. The average Bonchev–Trinajstić information content (AvgIpc) is 2.95. The number of rotatable bonds is 2. The van der Waals surface area contributed by atoms with Crippen molar-refractivity contribution < 1.29 is 27.8 Å². The standard InChI is InChI=1S/C21H29F3N2O3/c1-19(2,3)29-18(28)25-12-9-20(10-13-25)8-5-11-26(20)17(21(22,23)24)15-6-4-7-16(27)14-15/h4,6-7,14,17,27H,5,8-13H2,1-3H3. The second-order valence-corrected chi connectivity index (χ2v) is 9.03. The van der Waals surface area contributed by atoms with E-state index >= 15 is 0 Å². The van der Waals surface area contributed by atoms with Crippen molar-refractivity contribution in [1.29, 1.82) is 0 Å². The number of alkyl halides is 3. The number of phenolic OH excluding ortho intramolecular Hbond substituents is 1. The van der Waals surface area contributed by atoms with E-state index in [2.05, 4.69) is 0 Å². The van der Waals surface area contributed by atoms with Gasteiger partial charge in [-0.15, -0.1) is 0 Å². The first-order chi connectivity index (χ1) is 13.4. The SMILES string of the molecule is CC(C)(C)OC(=O)N1CCC2(CCCN2C(c2cccc(O)c2)C(F)(F)F)CC1. The highest BCUT2D eigenvalue weighted by molar-refractivity contribution is 5.68. The molecule has 3 rings (SSSR count). The number of phenols is 1. The summed E-state index contributed by atoms with van der Waals surface area (Å²) < 4.78 is 47.7. The molecule has 2 heterocycles. The summed E-state index contributed by atoms with van der Waals surface area (Å²) in [5, 5.41) is 9.72. The summed E-state index contributed by atoms with van der Waals surface area (Å²) in [6.45, 7) is 6.45. The number of carbonyl (C=O) groups is 1. The summed E-state index contributed by atoms with van der Waals surface area (Å²) in [6, 6.07) is 3.65. The number of hydrogen-bond donors (Lipinski definition) is 1. The van der Waals surface area contributed by atoms with Crippen molar-refractivity contribution in [3.63, 3.8) is 0 Å². The second-order valence-electron chi connectivity index (χ2n) is 9.03. The van der Waals surface area contributed by atoms with Gasteiger partial charge >= 0.3 is 12.3 Å². The maximum Gasteiger partial charge on any atom is 0.410 e. The van der Waals surface area contributed by atoms with E-state index in [9.17, 15) is 23.1 Å². The monoisotopic (exact) mass is 414 g/mol. The van der Waals surface area contributed by atoms with Crippen LogP contribution in [0.5, 0.6) is 5.75 Å². The Balaban J connectivity index is 1.81. The van der Waals surface area contributed by atoms with Crippen molar-refractivity contribution in [2.24, 2.45) is 0 Å². The molecule has 162 valence electrons. The number of aromatic hydroxyl groups is 1. The van der Waals surface area contributed by atoms with Crippen molar-refractivity contribution in [3.8, 4) is 5.75 Å². The van der Waals surface area contributed by atoms with Crippen LogP contribution in [0.2, 0.25) is 0 Å². The molecule has 1 aromatic rings. The van der Waals surface area contributed by atoms with Crippen molar-refractivity contribution >= 4 is 6.09 Å². The Morgan fingerprint density at radius 1 is 1.14 bits per heavy atom. The number of piperidine rings is 1. The van der Waals surface area contributed by atoms with Crippen LogP contribution in [-0.4, -0.2) is 58.0 Å². The van der Waals surface area contributed by atoms with Gasteiger partial charge in [-0.25, -0.2) is 4.79 Å². The van der Waals surface area contributed by atoms with Gasteiger partial charge < -0.3 is 14.7 Å². The molecular formula is C21H29F3N2O3. The van der Waals surface area contributed by atoms with Crippen LogP contribution in [0.25, 0.3) is 0 Å². The lowest BCUT2D eigenvalue weighted by Gasteiger charge is -2.48. The van der Waals surface area contributed by atoms with E-state index in [1.807, 2.05) is 0 Å². The summed E-state index contributed by atoms with van der Waals surface area (Å²) in [6.07, 6.45) is -2.60. The molecule has 1 amide bonds. The molecule has 0 aromatic heterocycles. The van der Waals surface area contributed by atoms with Crippen LogP contribution in [0.3, 0.4) is 0 Å². The fourth-order valence-electron chi connectivity index (χ4n) is 4.57. The Labute approximate surface area is 169 Å². The number of halogens is 3. The summed E-state index contributed by atoms with van der Waals surface area (Å²) in [5.41, 5.74) is -1.17. The minimum Gasteiger partial charge on any atom is -0.508 e. The van der Waals surface area contributed by atoms with Gasteiger partial charge in [0.05, 0.1) is 0 Å². The zero-order valence-electron chi connectivity index (χ0n) is 17.1. The fraction of sp³-hybridized carbons (Fsp3) is 0.667. The second kappa shape index (κ2) is 7.70. The molecule has 1 unspecified atom stereocenters. The normalized spacial score (nSPS) is 21.4. The van der Waals surface area contributed by atoms with E-state index in [-0.39, 0.29) is 11.3 Å². The molecule has 1 aromatic carbocycles. The molecule has 0 aliphatic carbocycles. The maximum absolute atomic E-state index is 14.1. The van der Waals surface area contributed by atoms with Gasteiger partial charge in [-0.05, 0) is 70.7 Å². The number of likely N-dealkylation sites (tertiary alicyclic amines) is 2. The smallest absolute Gasteiger partial charge is 0.410 e. The van der Waals surface area contributed by atoms with Gasteiger partial charge in [-0.3, -0.25) is 4.90 Å². The lowest BCUT2D eigenvalue weighted by molar-refractivity contribution is -0.200. The molecule has 2 fully saturated rings. The largest absolute Gasteiger partial charge is 0.508 e. The highest BCUT2D eigenvalue weighted by Crippen LogP contribution is 2.49. The summed E-state index contributed by atoms with van der Waals surface area (Å²) >= 11 is 0. The van der Waals surface area contributed by atoms with Crippen LogP contribution in [0.4, 0.5) is 18.0 Å². The Morgan fingerprint density at radius 3 is 2.34 bits per heavy atom. The third-order valence-electron chi connectivity index (χ3n) is 5.80. The Hall–Kier alpha value is -1.96. The molecule has 1 N–H and O–H groups in total. The minimum atomic E-state index is -4.46. The Morgan fingerprint density at radius 2 is 1.79 bits per heavy atom. The van der Waals surface area contributed by atoms with Crippen molar-refractivity contribution in [2.75, 3.05) is 19.6 Å². The molecule has 0 saturated carbocycles. The molecule has 1 atom stereocenters. The molecule has 2 saturated heterocycles. The quantitative estimate of drug-likeness (QED) is 0.751. The van der Waals surface area contributed by atoms with Crippen molar-refractivity contribution in [2.45, 2.75) is 69.8 Å². The first kappa shape index (κ1) is 21.7. The number of amides is 1. The van der Waals surface area contributed by atoms with Crippen LogP contribution >= 0.6 is 0 Å². The van der Waals surface area contributed by atoms with Gasteiger partial charge in [-0.1, -0.05) is 12.1 Å². The highest BCUT2D eigenvalue weighted by atomic mass is 19.4. The molecule has 2 aliphatic rings. The van der Waals surface area contributed by atoms with E-state index in [0.717, 1.165) is 0 Å². The molecule has 2 aliphatic heterocycles. The molecule has 5 nitrogen and oxygen atoms in total. The number of nitrogens with zero attached hydrogens (tertiary/aromatic N) is 2. The molecular weight excluding hydrogens is 385 g/mol. The zero-order chi connectivity index (χ0) is 21.4. The topological polar surface area (TPSA) is 53.0 Å². The third-order valence-corrected chi connectivity index (χ3v) is 5.80. The molecule has 1 spiro atoms. The predicted octanol–water partition coefficient (Wildman–Crippen LogP) is 4.86. The average molecular weight is 414 g/mol. The van der Waals surface area contributed by atoms with E-state index in [4.69, 9.17) is 4.74 Å². The van der Waals surface area contributed by atoms with Gasteiger partial charge in [0.2, 0.25) is 0 Å². The number of carbonyl (C=O) groups excluding carboxylic acids is 1. The van der Waals surface area contributed by atoms with E-state index < -0.39 is 29.5 Å². The van der Waals surface area contributed by atoms with Crippen LogP contribution in [0, 0.1) is 0 Å². The lowest BCUT2D eigenvalue weighted by atomic mass is 9.83. The van der Waals surface area contributed by atoms with Crippen molar-refractivity contribution in [1.82, 2.24) is 9.80 Å². The Kier molecular flexibility index (Phi) is 5.77. The van der Waals surface area contributed by atoms with Crippen LogP contribution < -0.4 is 0 Å². The number of ether oxygens (including phenoxy) is 1. The van der Waals surface area contributed by atoms with Crippen molar-refractivity contribution in [3.05, 3.63) is 29.8 Å².